The lowest BCUT2D eigenvalue weighted by molar-refractivity contribution is 0.0486. The maximum atomic E-state index is 9.46. The van der Waals surface area contributed by atoms with Crippen LogP contribution in [-0.4, -0.2) is 62.7 Å². The second-order valence-electron chi connectivity index (χ2n) is 4.06. The summed E-state index contributed by atoms with van der Waals surface area (Å²) >= 11 is 0. The van der Waals surface area contributed by atoms with Gasteiger partial charge in [-0.05, 0) is 25.8 Å². The molecular formula is C11H23NO3. The molecule has 0 spiro atoms. The number of aliphatic hydroxyl groups is 1. The van der Waals surface area contributed by atoms with Gasteiger partial charge >= 0.3 is 0 Å². The lowest BCUT2D eigenvalue weighted by Gasteiger charge is -2.29. The number of β-amino-alcohol motifs (C(OH)–C–C–N with tert-alkyl or cyclic N) is 1. The molecule has 0 aromatic heterocycles. The Hall–Kier alpha value is -0.160. The van der Waals surface area contributed by atoms with E-state index in [0.29, 0.717) is 13.2 Å². The molecule has 0 aromatic carbocycles. The van der Waals surface area contributed by atoms with E-state index in [-0.39, 0.29) is 6.10 Å². The van der Waals surface area contributed by atoms with Crippen LogP contribution in [0.4, 0.5) is 0 Å². The number of hydrogen-bond acceptors (Lipinski definition) is 4. The number of methoxy groups -OCH3 is 1. The average Bonchev–Trinajstić information content (AvgIpc) is 2.23. The van der Waals surface area contributed by atoms with E-state index >= 15 is 0 Å². The van der Waals surface area contributed by atoms with E-state index in [0.717, 1.165) is 45.5 Å². The largest absolute Gasteiger partial charge is 0.392 e. The van der Waals surface area contributed by atoms with Crippen molar-refractivity contribution in [2.24, 2.45) is 0 Å². The third kappa shape index (κ3) is 6.10. The summed E-state index contributed by atoms with van der Waals surface area (Å²) < 4.78 is 10.3. The molecule has 1 unspecified atom stereocenters. The van der Waals surface area contributed by atoms with Crippen molar-refractivity contribution in [3.05, 3.63) is 0 Å². The van der Waals surface area contributed by atoms with Crippen molar-refractivity contribution in [2.75, 3.05) is 46.6 Å². The van der Waals surface area contributed by atoms with E-state index in [9.17, 15) is 5.11 Å². The standard InChI is InChI=1S/C11H23NO3/c1-14-8-9-15-7-3-6-12-5-2-4-11(13)10-12/h11,13H,2-10H2,1H3. The number of rotatable bonds is 7. The minimum absolute atomic E-state index is 0.117. The number of aliphatic hydroxyl groups excluding tert-OH is 1. The first-order valence-electron chi connectivity index (χ1n) is 5.80. The van der Waals surface area contributed by atoms with Gasteiger partial charge in [0.25, 0.3) is 0 Å². The molecule has 0 saturated carbocycles. The van der Waals surface area contributed by atoms with Crippen molar-refractivity contribution in [3.8, 4) is 0 Å². The molecule has 1 aliphatic rings. The Morgan fingerprint density at radius 3 is 2.93 bits per heavy atom. The lowest BCUT2D eigenvalue weighted by atomic mass is 10.1. The molecule has 15 heavy (non-hydrogen) atoms. The van der Waals surface area contributed by atoms with Crippen LogP contribution in [0, 0.1) is 0 Å². The average molecular weight is 217 g/mol. The van der Waals surface area contributed by atoms with Gasteiger partial charge in [-0.25, -0.2) is 0 Å². The number of likely N-dealkylation sites (tertiary alicyclic amines) is 1. The maximum absolute atomic E-state index is 9.46. The molecule has 0 aromatic rings. The molecule has 4 heteroatoms. The molecule has 1 N–H and O–H groups in total. The zero-order chi connectivity index (χ0) is 10.9. The first kappa shape index (κ1) is 12.9. The molecule has 1 saturated heterocycles. The molecule has 1 fully saturated rings. The van der Waals surface area contributed by atoms with Crippen molar-refractivity contribution in [3.63, 3.8) is 0 Å². The summed E-state index contributed by atoms with van der Waals surface area (Å²) in [4.78, 5) is 2.31. The smallest absolute Gasteiger partial charge is 0.0700 e. The predicted octanol–water partition coefficient (Wildman–Crippen LogP) is 0.496. The van der Waals surface area contributed by atoms with Crippen LogP contribution >= 0.6 is 0 Å². The molecule has 90 valence electrons. The van der Waals surface area contributed by atoms with Gasteiger partial charge in [0.15, 0.2) is 0 Å². The second kappa shape index (κ2) is 8.05. The minimum atomic E-state index is -0.117. The second-order valence-corrected chi connectivity index (χ2v) is 4.06. The summed E-state index contributed by atoms with van der Waals surface area (Å²) in [6, 6.07) is 0. The van der Waals surface area contributed by atoms with Crippen molar-refractivity contribution in [2.45, 2.75) is 25.4 Å². The van der Waals surface area contributed by atoms with Gasteiger partial charge in [-0.15, -0.1) is 0 Å². The molecule has 0 amide bonds. The first-order valence-corrected chi connectivity index (χ1v) is 5.80. The maximum Gasteiger partial charge on any atom is 0.0700 e. The molecule has 1 atom stereocenters. The number of piperidine rings is 1. The van der Waals surface area contributed by atoms with E-state index < -0.39 is 0 Å². The highest BCUT2D eigenvalue weighted by molar-refractivity contribution is 4.71. The summed E-state index contributed by atoms with van der Waals surface area (Å²) in [6.07, 6.45) is 3.00. The van der Waals surface area contributed by atoms with Crippen LogP contribution in [0.3, 0.4) is 0 Å². The van der Waals surface area contributed by atoms with E-state index in [2.05, 4.69) is 4.90 Å². The summed E-state index contributed by atoms with van der Waals surface area (Å²) in [6.45, 7) is 5.12. The normalized spacial score (nSPS) is 23.2. The van der Waals surface area contributed by atoms with Gasteiger partial charge in [-0.1, -0.05) is 0 Å². The molecule has 1 aliphatic heterocycles. The Bertz CT molecular complexity index is 155. The predicted molar refractivity (Wildman–Crippen MR) is 59.0 cm³/mol. The molecule has 4 nitrogen and oxygen atoms in total. The van der Waals surface area contributed by atoms with Crippen molar-refractivity contribution in [1.82, 2.24) is 4.90 Å². The monoisotopic (exact) mass is 217 g/mol. The molecule has 0 radical (unpaired) electrons. The lowest BCUT2D eigenvalue weighted by Crippen LogP contribution is -2.39. The fourth-order valence-electron chi connectivity index (χ4n) is 1.87. The highest BCUT2D eigenvalue weighted by Gasteiger charge is 2.16. The zero-order valence-electron chi connectivity index (χ0n) is 9.65. The molecule has 0 bridgehead atoms. The van der Waals surface area contributed by atoms with Gasteiger partial charge in [-0.3, -0.25) is 0 Å². The summed E-state index contributed by atoms with van der Waals surface area (Å²) in [5, 5.41) is 9.46. The topological polar surface area (TPSA) is 41.9 Å². The van der Waals surface area contributed by atoms with Gasteiger partial charge in [0.05, 0.1) is 19.3 Å². The van der Waals surface area contributed by atoms with E-state index in [4.69, 9.17) is 9.47 Å². The SMILES string of the molecule is COCCOCCCN1CCCC(O)C1. The number of hydrogen-bond donors (Lipinski definition) is 1. The highest BCUT2D eigenvalue weighted by atomic mass is 16.5. The summed E-state index contributed by atoms with van der Waals surface area (Å²) in [5.41, 5.74) is 0. The van der Waals surface area contributed by atoms with Crippen molar-refractivity contribution >= 4 is 0 Å². The summed E-state index contributed by atoms with van der Waals surface area (Å²) in [7, 11) is 1.68. The van der Waals surface area contributed by atoms with E-state index in [1.54, 1.807) is 7.11 Å². The number of nitrogens with zero attached hydrogens (tertiary/aromatic N) is 1. The van der Waals surface area contributed by atoms with Crippen molar-refractivity contribution in [1.29, 1.82) is 0 Å². The van der Waals surface area contributed by atoms with Gasteiger partial charge < -0.3 is 19.5 Å². The van der Waals surface area contributed by atoms with Gasteiger partial charge in [0.1, 0.15) is 0 Å². The Labute approximate surface area is 92.2 Å². The van der Waals surface area contributed by atoms with Crippen LogP contribution in [0.25, 0.3) is 0 Å². The van der Waals surface area contributed by atoms with Crippen LogP contribution < -0.4 is 0 Å². The van der Waals surface area contributed by atoms with Crippen molar-refractivity contribution < 1.29 is 14.6 Å². The Morgan fingerprint density at radius 2 is 2.20 bits per heavy atom. The van der Waals surface area contributed by atoms with Crippen LogP contribution in [0.2, 0.25) is 0 Å². The van der Waals surface area contributed by atoms with Crippen LogP contribution in [0.1, 0.15) is 19.3 Å². The Kier molecular flexibility index (Phi) is 6.92. The third-order valence-corrected chi connectivity index (χ3v) is 2.68. The fourth-order valence-corrected chi connectivity index (χ4v) is 1.87. The van der Waals surface area contributed by atoms with Gasteiger partial charge in [0.2, 0.25) is 0 Å². The van der Waals surface area contributed by atoms with Crippen LogP contribution in [0.5, 0.6) is 0 Å². The number of ether oxygens (including phenoxy) is 2. The third-order valence-electron chi connectivity index (χ3n) is 2.68. The van der Waals surface area contributed by atoms with Gasteiger partial charge in [0, 0.05) is 26.8 Å². The minimum Gasteiger partial charge on any atom is -0.392 e. The molecular weight excluding hydrogens is 194 g/mol. The summed E-state index contributed by atoms with van der Waals surface area (Å²) in [5.74, 6) is 0. The van der Waals surface area contributed by atoms with Crippen LogP contribution in [0.15, 0.2) is 0 Å². The molecule has 0 aliphatic carbocycles. The molecule has 1 rings (SSSR count). The fraction of sp³-hybridized carbons (Fsp3) is 1.00. The van der Waals surface area contributed by atoms with E-state index in [1.165, 1.54) is 0 Å². The van der Waals surface area contributed by atoms with Gasteiger partial charge in [-0.2, -0.15) is 0 Å². The molecule has 1 heterocycles. The Morgan fingerprint density at radius 1 is 1.33 bits per heavy atom. The first-order chi connectivity index (χ1) is 7.33. The quantitative estimate of drug-likeness (QED) is 0.630. The van der Waals surface area contributed by atoms with Crippen LogP contribution in [-0.2, 0) is 9.47 Å². The zero-order valence-corrected chi connectivity index (χ0v) is 9.65. The van der Waals surface area contributed by atoms with E-state index in [1.807, 2.05) is 0 Å². The highest BCUT2D eigenvalue weighted by Crippen LogP contribution is 2.09. The Balaban J connectivity index is 1.90.